The summed E-state index contributed by atoms with van der Waals surface area (Å²) in [5, 5.41) is 10.5. The number of hydrogen-bond acceptors (Lipinski definition) is 6. The topological polar surface area (TPSA) is 86.5 Å². The van der Waals surface area contributed by atoms with Crippen molar-refractivity contribution in [3.8, 4) is 23.0 Å². The van der Waals surface area contributed by atoms with Gasteiger partial charge in [0.2, 0.25) is 11.8 Å². The summed E-state index contributed by atoms with van der Waals surface area (Å²) in [6.45, 7) is 4.05. The molecule has 2 aromatic carbocycles. The molecule has 0 atom stereocenters. The molecule has 1 aromatic heterocycles. The lowest BCUT2D eigenvalue weighted by Crippen LogP contribution is -2.14. The minimum Gasteiger partial charge on any atom is -0.497 e. The highest BCUT2D eigenvalue weighted by molar-refractivity contribution is 5.90. The van der Waals surface area contributed by atoms with Gasteiger partial charge in [0.25, 0.3) is 0 Å². The molecule has 0 radical (unpaired) electrons. The lowest BCUT2D eigenvalue weighted by atomic mass is 10.0. The number of ether oxygens (including phenoxy) is 2. The molecule has 0 spiro atoms. The number of aryl methyl sites for hydroxylation is 2. The van der Waals surface area contributed by atoms with Crippen LogP contribution in [0.1, 0.15) is 16.7 Å². The second-order valence-corrected chi connectivity index (χ2v) is 6.16. The van der Waals surface area contributed by atoms with E-state index in [1.807, 2.05) is 32.0 Å². The number of aromatic nitrogens is 2. The monoisotopic (exact) mass is 367 g/mol. The number of nitrogens with one attached hydrogen (secondary N) is 1. The van der Waals surface area contributed by atoms with Gasteiger partial charge in [-0.1, -0.05) is 23.3 Å². The molecule has 0 fully saturated rings. The van der Waals surface area contributed by atoms with Crippen LogP contribution >= 0.6 is 0 Å². The normalized spacial score (nSPS) is 10.5. The Morgan fingerprint density at radius 2 is 1.70 bits per heavy atom. The van der Waals surface area contributed by atoms with Gasteiger partial charge in [0.05, 0.1) is 20.6 Å². The predicted octanol–water partition coefficient (Wildman–Crippen LogP) is 3.55. The first-order valence-corrected chi connectivity index (χ1v) is 8.41. The van der Waals surface area contributed by atoms with Crippen LogP contribution in [0.15, 0.2) is 40.8 Å². The van der Waals surface area contributed by atoms with E-state index in [-0.39, 0.29) is 24.2 Å². The Morgan fingerprint density at radius 3 is 2.33 bits per heavy atom. The third-order valence-corrected chi connectivity index (χ3v) is 4.21. The predicted molar refractivity (Wildman–Crippen MR) is 101 cm³/mol. The van der Waals surface area contributed by atoms with E-state index in [0.29, 0.717) is 17.1 Å². The SMILES string of the molecule is COc1cc(OC)cc(-c2nnc(NC(=O)Cc3ccc(C)c(C)c3)o2)c1. The van der Waals surface area contributed by atoms with E-state index in [1.54, 1.807) is 32.4 Å². The van der Waals surface area contributed by atoms with Crippen LogP contribution in [-0.2, 0) is 11.2 Å². The Bertz CT molecular complexity index is 943. The number of anilines is 1. The fourth-order valence-electron chi connectivity index (χ4n) is 2.58. The van der Waals surface area contributed by atoms with Gasteiger partial charge in [-0.25, -0.2) is 0 Å². The van der Waals surface area contributed by atoms with Gasteiger partial charge in [-0.05, 0) is 42.7 Å². The Kier molecular flexibility index (Phi) is 5.40. The molecule has 3 rings (SSSR count). The Hall–Kier alpha value is -3.35. The second kappa shape index (κ2) is 7.90. The first-order chi connectivity index (χ1) is 13.0. The van der Waals surface area contributed by atoms with Crippen molar-refractivity contribution < 1.29 is 18.7 Å². The van der Waals surface area contributed by atoms with Crippen molar-refractivity contribution in [2.24, 2.45) is 0 Å². The van der Waals surface area contributed by atoms with Crippen LogP contribution in [0, 0.1) is 13.8 Å². The van der Waals surface area contributed by atoms with Crippen LogP contribution in [0.2, 0.25) is 0 Å². The summed E-state index contributed by atoms with van der Waals surface area (Å²) in [7, 11) is 3.12. The molecular formula is C20H21N3O4. The van der Waals surface area contributed by atoms with Gasteiger partial charge in [-0.3, -0.25) is 10.1 Å². The lowest BCUT2D eigenvalue weighted by Gasteiger charge is -2.06. The second-order valence-electron chi connectivity index (χ2n) is 6.16. The summed E-state index contributed by atoms with van der Waals surface area (Å²) in [6, 6.07) is 11.2. The molecule has 0 bridgehead atoms. The molecular weight excluding hydrogens is 346 g/mol. The van der Waals surface area contributed by atoms with Crippen LogP contribution < -0.4 is 14.8 Å². The van der Waals surface area contributed by atoms with Gasteiger partial charge in [0.15, 0.2) is 0 Å². The molecule has 0 saturated heterocycles. The number of amides is 1. The third kappa shape index (κ3) is 4.44. The maximum Gasteiger partial charge on any atom is 0.322 e. The van der Waals surface area contributed by atoms with Crippen LogP contribution in [0.5, 0.6) is 11.5 Å². The highest BCUT2D eigenvalue weighted by Crippen LogP contribution is 2.29. The van der Waals surface area contributed by atoms with Crippen LogP contribution in [0.3, 0.4) is 0 Å². The minimum absolute atomic E-state index is 0.0422. The number of hydrogen-bond donors (Lipinski definition) is 1. The van der Waals surface area contributed by atoms with Gasteiger partial charge in [-0.2, -0.15) is 0 Å². The molecule has 0 aliphatic heterocycles. The average Bonchev–Trinajstić information content (AvgIpc) is 3.12. The van der Waals surface area contributed by atoms with E-state index in [2.05, 4.69) is 15.5 Å². The van der Waals surface area contributed by atoms with Gasteiger partial charge >= 0.3 is 6.01 Å². The van der Waals surface area contributed by atoms with E-state index in [0.717, 1.165) is 11.1 Å². The van der Waals surface area contributed by atoms with Gasteiger partial charge in [0.1, 0.15) is 11.5 Å². The van der Waals surface area contributed by atoms with E-state index in [4.69, 9.17) is 13.9 Å². The van der Waals surface area contributed by atoms with Crippen LogP contribution in [-0.4, -0.2) is 30.3 Å². The molecule has 7 nitrogen and oxygen atoms in total. The highest BCUT2D eigenvalue weighted by Gasteiger charge is 2.14. The summed E-state index contributed by atoms with van der Waals surface area (Å²) in [5.41, 5.74) is 3.89. The zero-order chi connectivity index (χ0) is 19.4. The lowest BCUT2D eigenvalue weighted by molar-refractivity contribution is -0.115. The molecule has 0 aliphatic carbocycles. The molecule has 140 valence electrons. The van der Waals surface area contributed by atoms with Crippen molar-refractivity contribution in [3.63, 3.8) is 0 Å². The summed E-state index contributed by atoms with van der Waals surface area (Å²) in [4.78, 5) is 12.2. The van der Waals surface area contributed by atoms with Crippen molar-refractivity contribution in [3.05, 3.63) is 53.1 Å². The van der Waals surface area contributed by atoms with Crippen LogP contribution in [0.25, 0.3) is 11.5 Å². The smallest absolute Gasteiger partial charge is 0.322 e. The highest BCUT2D eigenvalue weighted by atomic mass is 16.5. The van der Waals surface area contributed by atoms with Crippen molar-refractivity contribution in [2.75, 3.05) is 19.5 Å². The van der Waals surface area contributed by atoms with Gasteiger partial charge < -0.3 is 13.9 Å². The Balaban J connectivity index is 1.72. The quantitative estimate of drug-likeness (QED) is 0.717. The van der Waals surface area contributed by atoms with E-state index in [9.17, 15) is 4.79 Å². The Morgan fingerprint density at radius 1 is 1.00 bits per heavy atom. The number of benzene rings is 2. The van der Waals surface area contributed by atoms with Crippen molar-refractivity contribution >= 4 is 11.9 Å². The number of carbonyl (C=O) groups excluding carboxylic acids is 1. The van der Waals surface area contributed by atoms with Crippen LogP contribution in [0.4, 0.5) is 6.01 Å². The number of carbonyl (C=O) groups is 1. The first kappa shape index (κ1) is 18.4. The van der Waals surface area contributed by atoms with E-state index in [1.165, 1.54) is 5.56 Å². The summed E-state index contributed by atoms with van der Waals surface area (Å²) in [5.74, 6) is 1.23. The molecule has 27 heavy (non-hydrogen) atoms. The third-order valence-electron chi connectivity index (χ3n) is 4.21. The minimum atomic E-state index is -0.225. The number of methoxy groups -OCH3 is 2. The van der Waals surface area contributed by atoms with Gasteiger partial charge in [0, 0.05) is 11.6 Å². The zero-order valence-corrected chi connectivity index (χ0v) is 15.7. The fraction of sp³-hybridized carbons (Fsp3) is 0.250. The standard InChI is InChI=1S/C20H21N3O4/c1-12-5-6-14(7-13(12)2)8-18(24)21-20-23-22-19(27-20)15-9-16(25-3)11-17(10-15)26-4/h5-7,9-11H,8H2,1-4H3,(H,21,23,24). The molecule has 3 aromatic rings. The summed E-state index contributed by atoms with van der Waals surface area (Å²) >= 11 is 0. The number of rotatable bonds is 6. The van der Waals surface area contributed by atoms with E-state index < -0.39 is 0 Å². The molecule has 7 heteroatoms. The molecule has 1 amide bonds. The average molecular weight is 367 g/mol. The summed E-state index contributed by atoms with van der Waals surface area (Å²) in [6.07, 6.45) is 0.228. The first-order valence-electron chi connectivity index (χ1n) is 8.41. The van der Waals surface area contributed by atoms with Crippen molar-refractivity contribution in [2.45, 2.75) is 20.3 Å². The van der Waals surface area contributed by atoms with Crippen molar-refractivity contribution in [1.82, 2.24) is 10.2 Å². The molecule has 0 aliphatic rings. The molecule has 0 saturated carbocycles. The Labute approximate surface area is 157 Å². The molecule has 0 unspecified atom stereocenters. The zero-order valence-electron chi connectivity index (χ0n) is 15.7. The number of nitrogens with zero attached hydrogens (tertiary/aromatic N) is 2. The maximum absolute atomic E-state index is 12.2. The van der Waals surface area contributed by atoms with Crippen molar-refractivity contribution in [1.29, 1.82) is 0 Å². The molecule has 1 heterocycles. The molecule has 1 N–H and O–H groups in total. The van der Waals surface area contributed by atoms with Gasteiger partial charge in [-0.15, -0.1) is 5.10 Å². The largest absolute Gasteiger partial charge is 0.497 e. The van der Waals surface area contributed by atoms with E-state index >= 15 is 0 Å². The maximum atomic E-state index is 12.2. The fourth-order valence-corrected chi connectivity index (χ4v) is 2.58. The summed E-state index contributed by atoms with van der Waals surface area (Å²) < 4.78 is 16.0.